The molecule has 0 aliphatic heterocycles. The predicted octanol–water partition coefficient (Wildman–Crippen LogP) is 3.33. The molecule has 2 amide bonds. The summed E-state index contributed by atoms with van der Waals surface area (Å²) in [4.78, 5) is 28.5. The van der Waals surface area contributed by atoms with Crippen molar-refractivity contribution < 1.29 is 9.59 Å². The highest BCUT2D eigenvalue weighted by Crippen LogP contribution is 2.16. The number of nitrogens with one attached hydrogen (secondary N) is 2. The van der Waals surface area contributed by atoms with E-state index in [1.54, 1.807) is 30.5 Å². The van der Waals surface area contributed by atoms with Gasteiger partial charge < -0.3 is 0 Å². The first-order valence-corrected chi connectivity index (χ1v) is 8.24. The van der Waals surface area contributed by atoms with Crippen LogP contribution in [0.3, 0.4) is 0 Å². The van der Waals surface area contributed by atoms with Crippen molar-refractivity contribution >= 4 is 28.8 Å². The molecule has 2 N–H and O–H groups in total. The Balaban J connectivity index is 1.65. The van der Waals surface area contributed by atoms with E-state index < -0.39 is 11.8 Å². The van der Waals surface area contributed by atoms with Crippen LogP contribution >= 0.6 is 0 Å². The molecule has 0 saturated carbocycles. The van der Waals surface area contributed by atoms with Gasteiger partial charge >= 0.3 is 0 Å². The van der Waals surface area contributed by atoms with Crippen molar-refractivity contribution in [2.24, 2.45) is 0 Å². The van der Waals surface area contributed by atoms with E-state index in [-0.39, 0.29) is 0 Å². The van der Waals surface area contributed by atoms with Crippen LogP contribution in [0, 0.1) is 13.8 Å². The number of rotatable bonds is 3. The fourth-order valence-electron chi connectivity index (χ4n) is 2.71. The van der Waals surface area contributed by atoms with Crippen LogP contribution in [0.1, 0.15) is 27.0 Å². The molecule has 26 heavy (non-hydrogen) atoms. The maximum Gasteiger partial charge on any atom is 0.270 e. The molecule has 0 atom stereocenters. The Morgan fingerprint density at radius 1 is 1.00 bits per heavy atom. The van der Waals surface area contributed by atoms with Crippen molar-refractivity contribution in [1.82, 2.24) is 15.8 Å². The summed E-state index contributed by atoms with van der Waals surface area (Å²) in [6.07, 6.45) is 4.78. The fourth-order valence-corrected chi connectivity index (χ4v) is 2.71. The molecular formula is C21H19N3O2. The number of hydrogen-bond donors (Lipinski definition) is 2. The van der Waals surface area contributed by atoms with Gasteiger partial charge in [0, 0.05) is 17.7 Å². The van der Waals surface area contributed by atoms with E-state index in [1.807, 2.05) is 44.2 Å². The molecule has 0 fully saturated rings. The zero-order valence-electron chi connectivity index (χ0n) is 14.6. The second-order valence-electron chi connectivity index (χ2n) is 6.01. The number of hydrazine groups is 1. The Labute approximate surface area is 151 Å². The normalized spacial score (nSPS) is 10.8. The molecule has 0 aliphatic rings. The minimum Gasteiger partial charge on any atom is -0.268 e. The number of benzene rings is 2. The third kappa shape index (κ3) is 3.95. The zero-order valence-corrected chi connectivity index (χ0v) is 14.6. The minimum absolute atomic E-state index is 0.392. The minimum atomic E-state index is -0.406. The molecule has 3 rings (SSSR count). The van der Waals surface area contributed by atoms with Gasteiger partial charge in [-0.3, -0.25) is 25.4 Å². The molecule has 5 nitrogen and oxygen atoms in total. The lowest BCUT2D eigenvalue weighted by atomic mass is 10.1. The van der Waals surface area contributed by atoms with Crippen LogP contribution in [-0.4, -0.2) is 16.8 Å². The number of aryl methyl sites for hydroxylation is 2. The van der Waals surface area contributed by atoms with Gasteiger partial charge in [-0.15, -0.1) is 0 Å². The Hall–Kier alpha value is -3.47. The lowest BCUT2D eigenvalue weighted by Gasteiger charge is -2.08. The average molecular weight is 345 g/mol. The van der Waals surface area contributed by atoms with Crippen molar-refractivity contribution in [3.63, 3.8) is 0 Å². The van der Waals surface area contributed by atoms with Gasteiger partial charge in [0.05, 0.1) is 11.1 Å². The molecule has 2 aromatic carbocycles. The van der Waals surface area contributed by atoms with E-state index in [0.717, 1.165) is 22.0 Å². The lowest BCUT2D eigenvalue weighted by molar-refractivity contribution is -0.117. The number of carbonyl (C=O) groups excluding carboxylic acids is 2. The van der Waals surface area contributed by atoms with Gasteiger partial charge in [-0.25, -0.2) is 0 Å². The number of amides is 2. The number of carbonyl (C=O) groups is 2. The standard InChI is InChI=1S/C21H19N3O2/c1-14-8-9-16(15(2)13-14)10-11-20(25)23-24-21(26)18-5-3-7-19-17(18)6-4-12-22-19/h3-13H,1-2H3,(H,23,25)(H,24,26)/b11-10+. The number of nitrogens with zero attached hydrogens (tertiary/aromatic N) is 1. The molecule has 0 bridgehead atoms. The summed E-state index contributed by atoms with van der Waals surface area (Å²) < 4.78 is 0. The molecule has 5 heteroatoms. The molecule has 1 aromatic heterocycles. The van der Waals surface area contributed by atoms with E-state index in [9.17, 15) is 9.59 Å². The lowest BCUT2D eigenvalue weighted by Crippen LogP contribution is -2.40. The SMILES string of the molecule is Cc1ccc(/C=C/C(=O)NNC(=O)c2cccc3ncccc23)c(C)c1. The second kappa shape index (κ2) is 7.61. The maximum atomic E-state index is 12.4. The van der Waals surface area contributed by atoms with Crippen LogP contribution in [-0.2, 0) is 4.79 Å². The molecule has 1 heterocycles. The van der Waals surface area contributed by atoms with Crippen molar-refractivity contribution in [3.05, 3.63) is 83.1 Å². The molecular weight excluding hydrogens is 326 g/mol. The van der Waals surface area contributed by atoms with Gasteiger partial charge in [0.2, 0.25) is 0 Å². The van der Waals surface area contributed by atoms with Crippen molar-refractivity contribution in [3.8, 4) is 0 Å². The van der Waals surface area contributed by atoms with Crippen molar-refractivity contribution in [2.75, 3.05) is 0 Å². The van der Waals surface area contributed by atoms with Crippen LogP contribution in [0.15, 0.2) is 60.8 Å². The molecule has 0 aliphatic carbocycles. The molecule has 0 radical (unpaired) electrons. The van der Waals surface area contributed by atoms with Crippen molar-refractivity contribution in [2.45, 2.75) is 13.8 Å². The molecule has 130 valence electrons. The smallest absolute Gasteiger partial charge is 0.268 e. The van der Waals surface area contributed by atoms with Gasteiger partial charge in [0.25, 0.3) is 11.8 Å². The van der Waals surface area contributed by atoms with Crippen LogP contribution in [0.2, 0.25) is 0 Å². The maximum absolute atomic E-state index is 12.4. The van der Waals surface area contributed by atoms with Crippen LogP contribution in [0.4, 0.5) is 0 Å². The van der Waals surface area contributed by atoms with Gasteiger partial charge in [0.1, 0.15) is 0 Å². The monoisotopic (exact) mass is 345 g/mol. The quantitative estimate of drug-likeness (QED) is 0.565. The molecule has 0 spiro atoms. The van der Waals surface area contributed by atoms with E-state index in [4.69, 9.17) is 0 Å². The number of fused-ring (bicyclic) bond motifs is 1. The number of hydrogen-bond acceptors (Lipinski definition) is 3. The largest absolute Gasteiger partial charge is 0.270 e. The van der Waals surface area contributed by atoms with Gasteiger partial charge in [-0.05, 0) is 49.2 Å². The molecule has 0 saturated heterocycles. The van der Waals surface area contributed by atoms with Crippen molar-refractivity contribution in [1.29, 1.82) is 0 Å². The van der Waals surface area contributed by atoms with E-state index >= 15 is 0 Å². The fraction of sp³-hybridized carbons (Fsp3) is 0.0952. The third-order valence-electron chi connectivity index (χ3n) is 4.03. The Morgan fingerprint density at radius 3 is 2.65 bits per heavy atom. The first kappa shape index (κ1) is 17.4. The summed E-state index contributed by atoms with van der Waals surface area (Å²) in [5.74, 6) is -0.798. The highest BCUT2D eigenvalue weighted by atomic mass is 16.2. The van der Waals surface area contributed by atoms with Gasteiger partial charge in [-0.2, -0.15) is 0 Å². The molecule has 3 aromatic rings. The number of aromatic nitrogens is 1. The second-order valence-corrected chi connectivity index (χ2v) is 6.01. The topological polar surface area (TPSA) is 71.1 Å². The highest BCUT2D eigenvalue weighted by molar-refractivity contribution is 6.07. The first-order chi connectivity index (χ1) is 12.5. The predicted molar refractivity (Wildman–Crippen MR) is 102 cm³/mol. The summed E-state index contributed by atoms with van der Waals surface area (Å²) in [5.41, 5.74) is 9.22. The Kier molecular flexibility index (Phi) is 5.08. The van der Waals surface area contributed by atoms with Gasteiger partial charge in [-0.1, -0.05) is 35.9 Å². The first-order valence-electron chi connectivity index (χ1n) is 8.24. The van der Waals surface area contributed by atoms with E-state index in [0.29, 0.717) is 5.56 Å². The summed E-state index contributed by atoms with van der Waals surface area (Å²) >= 11 is 0. The highest BCUT2D eigenvalue weighted by Gasteiger charge is 2.10. The summed E-state index contributed by atoms with van der Waals surface area (Å²) in [5, 5.41) is 0.729. The van der Waals surface area contributed by atoms with Crippen LogP contribution < -0.4 is 10.9 Å². The Bertz CT molecular complexity index is 1000. The summed E-state index contributed by atoms with van der Waals surface area (Å²) in [6, 6.07) is 14.9. The number of pyridine rings is 1. The summed E-state index contributed by atoms with van der Waals surface area (Å²) in [7, 11) is 0. The summed E-state index contributed by atoms with van der Waals surface area (Å²) in [6.45, 7) is 4.01. The van der Waals surface area contributed by atoms with Gasteiger partial charge in [0.15, 0.2) is 0 Å². The van der Waals surface area contributed by atoms with E-state index in [1.165, 1.54) is 11.6 Å². The average Bonchev–Trinajstić information content (AvgIpc) is 2.65. The van der Waals surface area contributed by atoms with Crippen LogP contribution in [0.25, 0.3) is 17.0 Å². The zero-order chi connectivity index (χ0) is 18.5. The Morgan fingerprint density at radius 2 is 1.85 bits per heavy atom. The molecule has 0 unspecified atom stereocenters. The van der Waals surface area contributed by atoms with Crippen LogP contribution in [0.5, 0.6) is 0 Å². The van der Waals surface area contributed by atoms with E-state index in [2.05, 4.69) is 15.8 Å². The third-order valence-corrected chi connectivity index (χ3v) is 4.03.